The van der Waals surface area contributed by atoms with E-state index >= 15 is 0 Å². The summed E-state index contributed by atoms with van der Waals surface area (Å²) in [4.78, 5) is 34.1. The number of amides is 2. The van der Waals surface area contributed by atoms with Crippen LogP contribution in [-0.2, 0) is 14.4 Å². The second-order valence-electron chi connectivity index (χ2n) is 5.44. The molecule has 0 aliphatic heterocycles. The minimum Gasteiger partial charge on any atom is -0.480 e. The van der Waals surface area contributed by atoms with Gasteiger partial charge in [-0.2, -0.15) is 0 Å². The van der Waals surface area contributed by atoms with E-state index in [4.69, 9.17) is 5.11 Å². The molecule has 0 heterocycles. The van der Waals surface area contributed by atoms with E-state index in [0.717, 1.165) is 12.8 Å². The Hall–Kier alpha value is -1.59. The predicted molar refractivity (Wildman–Crippen MR) is 74.0 cm³/mol. The third-order valence-electron chi connectivity index (χ3n) is 3.62. The molecular weight excluding hydrogens is 260 g/mol. The van der Waals surface area contributed by atoms with Crippen LogP contribution in [0.25, 0.3) is 0 Å². The molecule has 0 unspecified atom stereocenters. The van der Waals surface area contributed by atoms with Gasteiger partial charge in [-0.3, -0.25) is 9.59 Å². The van der Waals surface area contributed by atoms with Crippen LogP contribution in [0.4, 0.5) is 0 Å². The first-order chi connectivity index (χ1) is 9.45. The third kappa shape index (κ3) is 5.59. The van der Waals surface area contributed by atoms with Crippen molar-refractivity contribution in [3.8, 4) is 0 Å². The van der Waals surface area contributed by atoms with Crippen molar-refractivity contribution in [2.24, 2.45) is 11.8 Å². The molecule has 0 radical (unpaired) electrons. The SMILES string of the molecule is CC[C@H](C)[C@H](NC(=O)CCCNC(=O)C1CC1)C(=O)O. The van der Waals surface area contributed by atoms with E-state index in [1.54, 1.807) is 6.92 Å². The minimum atomic E-state index is -1.00. The standard InChI is InChI=1S/C14H24N2O4/c1-3-9(2)12(14(19)20)16-11(17)5-4-8-15-13(18)10-6-7-10/h9-10,12H,3-8H2,1-2H3,(H,15,18)(H,16,17)(H,19,20)/t9-,12-/m0/s1. The number of carbonyl (C=O) groups is 3. The topological polar surface area (TPSA) is 95.5 Å². The van der Waals surface area contributed by atoms with Crippen molar-refractivity contribution in [2.45, 2.75) is 52.0 Å². The van der Waals surface area contributed by atoms with Crippen LogP contribution < -0.4 is 10.6 Å². The largest absolute Gasteiger partial charge is 0.480 e. The lowest BCUT2D eigenvalue weighted by Crippen LogP contribution is -2.45. The van der Waals surface area contributed by atoms with E-state index in [9.17, 15) is 14.4 Å². The van der Waals surface area contributed by atoms with Gasteiger partial charge in [0.25, 0.3) is 0 Å². The first-order valence-corrected chi connectivity index (χ1v) is 7.25. The fourth-order valence-electron chi connectivity index (χ4n) is 1.88. The van der Waals surface area contributed by atoms with Crippen LogP contribution >= 0.6 is 0 Å². The molecule has 2 amide bonds. The van der Waals surface area contributed by atoms with Crippen LogP contribution in [0.2, 0.25) is 0 Å². The van der Waals surface area contributed by atoms with Gasteiger partial charge in [-0.1, -0.05) is 20.3 Å². The number of hydrogen-bond acceptors (Lipinski definition) is 3. The Morgan fingerprint density at radius 3 is 2.45 bits per heavy atom. The molecule has 1 fully saturated rings. The monoisotopic (exact) mass is 284 g/mol. The van der Waals surface area contributed by atoms with Gasteiger partial charge >= 0.3 is 5.97 Å². The highest BCUT2D eigenvalue weighted by atomic mass is 16.4. The Labute approximate surface area is 119 Å². The highest BCUT2D eigenvalue weighted by Gasteiger charge is 2.29. The summed E-state index contributed by atoms with van der Waals surface area (Å²) in [7, 11) is 0. The Morgan fingerprint density at radius 2 is 1.95 bits per heavy atom. The predicted octanol–water partition coefficient (Wildman–Crippen LogP) is 0.908. The molecule has 20 heavy (non-hydrogen) atoms. The van der Waals surface area contributed by atoms with E-state index in [1.165, 1.54) is 0 Å². The van der Waals surface area contributed by atoms with Gasteiger partial charge in [0.05, 0.1) is 0 Å². The highest BCUT2D eigenvalue weighted by molar-refractivity contribution is 5.84. The van der Waals surface area contributed by atoms with Crippen LogP contribution in [0.5, 0.6) is 0 Å². The van der Waals surface area contributed by atoms with Crippen molar-refractivity contribution < 1.29 is 19.5 Å². The summed E-state index contributed by atoms with van der Waals surface area (Å²) in [5, 5.41) is 14.4. The molecule has 0 spiro atoms. The summed E-state index contributed by atoms with van der Waals surface area (Å²) < 4.78 is 0. The highest BCUT2D eigenvalue weighted by Crippen LogP contribution is 2.28. The molecule has 2 atom stereocenters. The number of carboxylic acids is 1. The van der Waals surface area contributed by atoms with Crippen molar-refractivity contribution in [3.63, 3.8) is 0 Å². The van der Waals surface area contributed by atoms with Crippen LogP contribution in [-0.4, -0.2) is 35.5 Å². The third-order valence-corrected chi connectivity index (χ3v) is 3.62. The molecule has 0 aromatic carbocycles. The maximum absolute atomic E-state index is 11.7. The van der Waals surface area contributed by atoms with E-state index in [1.807, 2.05) is 6.92 Å². The molecule has 1 aliphatic rings. The van der Waals surface area contributed by atoms with E-state index in [0.29, 0.717) is 19.4 Å². The minimum absolute atomic E-state index is 0.0634. The first kappa shape index (κ1) is 16.5. The number of carboxylic acid groups (broad SMARTS) is 1. The average molecular weight is 284 g/mol. The average Bonchev–Trinajstić information content (AvgIpc) is 3.23. The molecule has 3 N–H and O–H groups in total. The number of nitrogens with one attached hydrogen (secondary N) is 2. The zero-order chi connectivity index (χ0) is 15.1. The molecule has 0 aromatic heterocycles. The van der Waals surface area contributed by atoms with Crippen molar-refractivity contribution in [2.75, 3.05) is 6.54 Å². The Bertz CT molecular complexity index is 366. The van der Waals surface area contributed by atoms with Crippen LogP contribution in [0.3, 0.4) is 0 Å². The Balaban J connectivity index is 2.20. The molecule has 0 saturated heterocycles. The summed E-state index contributed by atoms with van der Waals surface area (Å²) in [6.07, 6.45) is 3.36. The van der Waals surface area contributed by atoms with E-state index in [2.05, 4.69) is 10.6 Å². The fraction of sp³-hybridized carbons (Fsp3) is 0.786. The quantitative estimate of drug-likeness (QED) is 0.548. The van der Waals surface area contributed by atoms with E-state index in [-0.39, 0.29) is 30.1 Å². The molecule has 6 heteroatoms. The zero-order valence-electron chi connectivity index (χ0n) is 12.1. The van der Waals surface area contributed by atoms with Gasteiger partial charge in [0.15, 0.2) is 0 Å². The van der Waals surface area contributed by atoms with Gasteiger partial charge < -0.3 is 15.7 Å². The fourth-order valence-corrected chi connectivity index (χ4v) is 1.88. The Morgan fingerprint density at radius 1 is 1.30 bits per heavy atom. The Kier molecular flexibility index (Phi) is 6.48. The maximum atomic E-state index is 11.7. The number of carbonyl (C=O) groups excluding carboxylic acids is 2. The van der Waals surface area contributed by atoms with Crippen molar-refractivity contribution in [1.82, 2.24) is 10.6 Å². The van der Waals surface area contributed by atoms with Crippen LogP contribution in [0.1, 0.15) is 46.0 Å². The lowest BCUT2D eigenvalue weighted by Gasteiger charge is -2.20. The summed E-state index contributed by atoms with van der Waals surface area (Å²) in [6, 6.07) is -0.839. The number of hydrogen-bond donors (Lipinski definition) is 3. The molecule has 1 aliphatic carbocycles. The van der Waals surface area contributed by atoms with Gasteiger partial charge in [-0.15, -0.1) is 0 Å². The lowest BCUT2D eigenvalue weighted by atomic mass is 9.99. The van der Waals surface area contributed by atoms with E-state index < -0.39 is 12.0 Å². The van der Waals surface area contributed by atoms with Gasteiger partial charge in [0.1, 0.15) is 6.04 Å². The summed E-state index contributed by atoms with van der Waals surface area (Å²) in [6.45, 7) is 4.15. The number of aliphatic carboxylic acids is 1. The van der Waals surface area contributed by atoms with Gasteiger partial charge in [0.2, 0.25) is 11.8 Å². The molecule has 1 rings (SSSR count). The summed E-state index contributed by atoms with van der Waals surface area (Å²) in [5.74, 6) is -1.15. The van der Waals surface area contributed by atoms with Gasteiger partial charge in [0, 0.05) is 18.9 Å². The summed E-state index contributed by atoms with van der Waals surface area (Å²) >= 11 is 0. The van der Waals surface area contributed by atoms with Gasteiger partial charge in [-0.05, 0) is 25.2 Å². The first-order valence-electron chi connectivity index (χ1n) is 7.25. The van der Waals surface area contributed by atoms with Crippen molar-refractivity contribution >= 4 is 17.8 Å². The van der Waals surface area contributed by atoms with Crippen LogP contribution in [0, 0.1) is 11.8 Å². The van der Waals surface area contributed by atoms with Gasteiger partial charge in [-0.25, -0.2) is 4.79 Å². The van der Waals surface area contributed by atoms with Crippen LogP contribution in [0.15, 0.2) is 0 Å². The molecule has 0 bridgehead atoms. The smallest absolute Gasteiger partial charge is 0.326 e. The zero-order valence-corrected chi connectivity index (χ0v) is 12.1. The molecular formula is C14H24N2O4. The molecule has 6 nitrogen and oxygen atoms in total. The molecule has 1 saturated carbocycles. The number of rotatable bonds is 9. The molecule has 114 valence electrons. The maximum Gasteiger partial charge on any atom is 0.326 e. The normalized spacial score (nSPS) is 17.1. The second-order valence-corrected chi connectivity index (χ2v) is 5.44. The lowest BCUT2D eigenvalue weighted by molar-refractivity contribution is -0.143. The molecule has 0 aromatic rings. The second kappa shape index (κ2) is 7.87. The van der Waals surface area contributed by atoms with Crippen molar-refractivity contribution in [1.29, 1.82) is 0 Å². The van der Waals surface area contributed by atoms with Crippen molar-refractivity contribution in [3.05, 3.63) is 0 Å². The summed E-state index contributed by atoms with van der Waals surface area (Å²) in [5.41, 5.74) is 0.